The summed E-state index contributed by atoms with van der Waals surface area (Å²) in [6, 6.07) is 0. The van der Waals surface area contributed by atoms with Gasteiger partial charge in [-0.1, -0.05) is 11.3 Å². The third-order valence-electron chi connectivity index (χ3n) is 2.24. The highest BCUT2D eigenvalue weighted by atomic mass is 32.1. The van der Waals surface area contributed by atoms with Crippen molar-refractivity contribution in [2.75, 3.05) is 6.61 Å². The summed E-state index contributed by atoms with van der Waals surface area (Å²) >= 11 is 1.14. The molecular formula is C8H12N2O2S. The first kappa shape index (κ1) is 8.90. The molecule has 0 saturated carbocycles. The number of ether oxygens (including phenoxy) is 1. The van der Waals surface area contributed by atoms with Gasteiger partial charge in [0, 0.05) is 13.2 Å². The van der Waals surface area contributed by atoms with Crippen LogP contribution in [0.15, 0.2) is 10.3 Å². The zero-order chi connectivity index (χ0) is 9.10. The lowest BCUT2D eigenvalue weighted by molar-refractivity contribution is 0.0992. The fourth-order valence-electron chi connectivity index (χ4n) is 1.52. The summed E-state index contributed by atoms with van der Waals surface area (Å²) in [6.07, 6.45) is 3.52. The van der Waals surface area contributed by atoms with E-state index in [-0.39, 0.29) is 4.87 Å². The average Bonchev–Trinajstić information content (AvgIpc) is 2.72. The van der Waals surface area contributed by atoms with E-state index in [0.717, 1.165) is 37.2 Å². The highest BCUT2D eigenvalue weighted by molar-refractivity contribution is 7.06. The maximum Gasteiger partial charge on any atom is 0.324 e. The topological polar surface area (TPSA) is 44.1 Å². The predicted molar refractivity (Wildman–Crippen MR) is 50.0 cm³/mol. The molecule has 0 radical (unpaired) electrons. The van der Waals surface area contributed by atoms with E-state index in [2.05, 4.69) is 5.10 Å². The van der Waals surface area contributed by atoms with Crippen molar-refractivity contribution in [2.24, 2.45) is 0 Å². The van der Waals surface area contributed by atoms with Crippen molar-refractivity contribution in [3.05, 3.63) is 15.2 Å². The minimum Gasteiger partial charge on any atom is -0.378 e. The smallest absolute Gasteiger partial charge is 0.324 e. The number of aryl methyl sites for hydroxylation is 1. The van der Waals surface area contributed by atoms with Gasteiger partial charge in [-0.15, -0.1) is 0 Å². The van der Waals surface area contributed by atoms with Crippen molar-refractivity contribution in [3.8, 4) is 0 Å². The molecule has 72 valence electrons. The second-order valence-corrected chi connectivity index (χ2v) is 3.95. The van der Waals surface area contributed by atoms with Gasteiger partial charge in [-0.3, -0.25) is 4.79 Å². The first-order valence-corrected chi connectivity index (χ1v) is 5.36. The molecule has 1 atom stereocenters. The summed E-state index contributed by atoms with van der Waals surface area (Å²) in [5.41, 5.74) is 1.58. The van der Waals surface area contributed by atoms with Gasteiger partial charge in [-0.05, 0) is 19.3 Å². The molecule has 1 aliphatic heterocycles. The normalized spacial score (nSPS) is 22.3. The van der Waals surface area contributed by atoms with Crippen LogP contribution in [0.3, 0.4) is 0 Å². The van der Waals surface area contributed by atoms with Crippen LogP contribution in [0, 0.1) is 0 Å². The van der Waals surface area contributed by atoms with Crippen LogP contribution in [0.1, 0.15) is 19.3 Å². The summed E-state index contributed by atoms with van der Waals surface area (Å²) in [5, 5.41) is 3.94. The molecule has 0 N–H and O–H groups in total. The standard InChI is InChI=1S/C8H12N2O2S/c11-8-10(9-6-13-8)4-3-7-2-1-5-12-7/h6-7H,1-5H2. The number of aromatic nitrogens is 2. The van der Waals surface area contributed by atoms with Crippen LogP contribution in [-0.4, -0.2) is 22.5 Å². The zero-order valence-electron chi connectivity index (χ0n) is 7.31. The van der Waals surface area contributed by atoms with Gasteiger partial charge in [0.1, 0.15) is 5.51 Å². The van der Waals surface area contributed by atoms with Crippen LogP contribution in [0.25, 0.3) is 0 Å². The highest BCUT2D eigenvalue weighted by Crippen LogP contribution is 2.15. The van der Waals surface area contributed by atoms with E-state index >= 15 is 0 Å². The van der Waals surface area contributed by atoms with Crippen molar-refractivity contribution < 1.29 is 4.74 Å². The van der Waals surface area contributed by atoms with Crippen molar-refractivity contribution in [1.29, 1.82) is 0 Å². The molecule has 0 bridgehead atoms. The summed E-state index contributed by atoms with van der Waals surface area (Å²) in [6.45, 7) is 1.56. The summed E-state index contributed by atoms with van der Waals surface area (Å²) in [7, 11) is 0. The lowest BCUT2D eigenvalue weighted by Crippen LogP contribution is -2.18. The van der Waals surface area contributed by atoms with Crippen LogP contribution < -0.4 is 4.87 Å². The Morgan fingerprint density at radius 3 is 3.31 bits per heavy atom. The molecule has 1 aromatic rings. The van der Waals surface area contributed by atoms with Crippen LogP contribution in [0.5, 0.6) is 0 Å². The van der Waals surface area contributed by atoms with Crippen LogP contribution >= 0.6 is 11.3 Å². The Kier molecular flexibility index (Phi) is 2.75. The maximum absolute atomic E-state index is 11.1. The Bertz CT molecular complexity index is 314. The van der Waals surface area contributed by atoms with Gasteiger partial charge in [-0.25, -0.2) is 4.68 Å². The van der Waals surface area contributed by atoms with Crippen molar-refractivity contribution >= 4 is 11.3 Å². The minimum absolute atomic E-state index is 0.0259. The molecule has 13 heavy (non-hydrogen) atoms. The Balaban J connectivity index is 1.85. The Morgan fingerprint density at radius 1 is 1.77 bits per heavy atom. The van der Waals surface area contributed by atoms with E-state index in [1.165, 1.54) is 4.68 Å². The Morgan fingerprint density at radius 2 is 2.69 bits per heavy atom. The summed E-state index contributed by atoms with van der Waals surface area (Å²) in [4.78, 5) is 11.1. The molecule has 0 spiro atoms. The zero-order valence-corrected chi connectivity index (χ0v) is 8.13. The molecule has 5 heteroatoms. The second kappa shape index (κ2) is 4.02. The van der Waals surface area contributed by atoms with Crippen molar-refractivity contribution in [3.63, 3.8) is 0 Å². The quantitative estimate of drug-likeness (QED) is 0.727. The lowest BCUT2D eigenvalue weighted by atomic mass is 10.2. The van der Waals surface area contributed by atoms with E-state index in [0.29, 0.717) is 12.6 Å². The van der Waals surface area contributed by atoms with E-state index in [4.69, 9.17) is 4.74 Å². The molecule has 2 heterocycles. The van der Waals surface area contributed by atoms with Crippen molar-refractivity contribution in [2.45, 2.75) is 31.9 Å². The van der Waals surface area contributed by atoms with Gasteiger partial charge in [0.25, 0.3) is 0 Å². The third-order valence-corrected chi connectivity index (χ3v) is 2.85. The van der Waals surface area contributed by atoms with Crippen LogP contribution in [0.4, 0.5) is 0 Å². The molecule has 4 nitrogen and oxygen atoms in total. The van der Waals surface area contributed by atoms with Gasteiger partial charge in [0.05, 0.1) is 6.10 Å². The van der Waals surface area contributed by atoms with E-state index in [1.54, 1.807) is 5.51 Å². The molecule has 0 amide bonds. The highest BCUT2D eigenvalue weighted by Gasteiger charge is 2.15. The molecule has 1 aromatic heterocycles. The second-order valence-electron chi connectivity index (χ2n) is 3.15. The molecular weight excluding hydrogens is 188 g/mol. The monoisotopic (exact) mass is 200 g/mol. The molecule has 1 saturated heterocycles. The molecule has 2 rings (SSSR count). The molecule has 1 unspecified atom stereocenters. The van der Waals surface area contributed by atoms with E-state index in [9.17, 15) is 4.79 Å². The Hall–Kier alpha value is -0.680. The summed E-state index contributed by atoms with van der Waals surface area (Å²) in [5.74, 6) is 0. The van der Waals surface area contributed by atoms with Gasteiger partial charge in [0.15, 0.2) is 0 Å². The van der Waals surface area contributed by atoms with Crippen LogP contribution in [-0.2, 0) is 11.3 Å². The molecule has 0 aliphatic carbocycles. The number of rotatable bonds is 3. The van der Waals surface area contributed by atoms with Crippen LogP contribution in [0.2, 0.25) is 0 Å². The van der Waals surface area contributed by atoms with Gasteiger partial charge in [0.2, 0.25) is 0 Å². The summed E-state index contributed by atoms with van der Waals surface area (Å²) < 4.78 is 6.96. The van der Waals surface area contributed by atoms with Gasteiger partial charge >= 0.3 is 4.87 Å². The van der Waals surface area contributed by atoms with Crippen molar-refractivity contribution in [1.82, 2.24) is 9.78 Å². The number of hydrogen-bond acceptors (Lipinski definition) is 4. The predicted octanol–water partition coefficient (Wildman–Crippen LogP) is 0.874. The van der Waals surface area contributed by atoms with E-state index in [1.807, 2.05) is 0 Å². The molecule has 1 aliphatic rings. The van der Waals surface area contributed by atoms with E-state index < -0.39 is 0 Å². The SMILES string of the molecule is O=c1scnn1CCC1CCCO1. The maximum atomic E-state index is 11.1. The lowest BCUT2D eigenvalue weighted by Gasteiger charge is -2.07. The third kappa shape index (κ3) is 2.16. The molecule has 1 fully saturated rings. The van der Waals surface area contributed by atoms with Gasteiger partial charge < -0.3 is 4.74 Å². The number of nitrogens with zero attached hydrogens (tertiary/aromatic N) is 2. The average molecular weight is 200 g/mol. The first-order valence-electron chi connectivity index (χ1n) is 4.48. The minimum atomic E-state index is 0.0259. The Labute approximate surface area is 80.1 Å². The fraction of sp³-hybridized carbons (Fsp3) is 0.750. The molecule has 0 aromatic carbocycles. The first-order chi connectivity index (χ1) is 6.36. The fourth-order valence-corrected chi connectivity index (χ4v) is 2.03. The largest absolute Gasteiger partial charge is 0.378 e. The van der Waals surface area contributed by atoms with Gasteiger partial charge in [-0.2, -0.15) is 5.10 Å². The number of hydrogen-bond donors (Lipinski definition) is 0.